The number of para-hydroxylation sites is 2. The summed E-state index contributed by atoms with van der Waals surface area (Å²) in [7, 11) is 1.91. The average Bonchev–Trinajstić information content (AvgIpc) is 2.92. The number of hydrogen-bond donors (Lipinski definition) is 0. The van der Waals surface area contributed by atoms with Gasteiger partial charge in [0.2, 0.25) is 0 Å². The van der Waals surface area contributed by atoms with Crippen molar-refractivity contribution in [3.63, 3.8) is 0 Å². The van der Waals surface area contributed by atoms with Crippen molar-refractivity contribution in [3.8, 4) is 5.75 Å². The van der Waals surface area contributed by atoms with Crippen molar-refractivity contribution in [1.82, 2.24) is 14.5 Å². The zero-order valence-corrected chi connectivity index (χ0v) is 14.8. The Morgan fingerprint density at radius 1 is 1.16 bits per heavy atom. The van der Waals surface area contributed by atoms with Crippen molar-refractivity contribution in [2.45, 2.75) is 33.0 Å². The van der Waals surface area contributed by atoms with Crippen LogP contribution < -0.4 is 4.74 Å². The summed E-state index contributed by atoms with van der Waals surface area (Å²) in [5, 5.41) is 0. The van der Waals surface area contributed by atoms with Gasteiger partial charge in [-0.15, -0.1) is 0 Å². The molecule has 0 radical (unpaired) electrons. The van der Waals surface area contributed by atoms with Gasteiger partial charge in [0.05, 0.1) is 28.9 Å². The van der Waals surface area contributed by atoms with Crippen LogP contribution in [0.3, 0.4) is 0 Å². The van der Waals surface area contributed by atoms with E-state index in [-0.39, 0.29) is 6.10 Å². The molecule has 130 valence electrons. The van der Waals surface area contributed by atoms with E-state index in [1.807, 2.05) is 49.7 Å². The zero-order valence-electron chi connectivity index (χ0n) is 14.8. The van der Waals surface area contributed by atoms with Crippen LogP contribution in [0.15, 0.2) is 42.7 Å². The van der Waals surface area contributed by atoms with Crippen molar-refractivity contribution in [1.29, 1.82) is 0 Å². The highest BCUT2D eigenvalue weighted by Crippen LogP contribution is 2.23. The molecule has 0 saturated carbocycles. The number of aromatic nitrogens is 3. The molecule has 0 unspecified atom stereocenters. The Bertz CT molecular complexity index is 902. The minimum Gasteiger partial charge on any atom is -0.489 e. The van der Waals surface area contributed by atoms with E-state index < -0.39 is 12.1 Å². The molecule has 0 bridgehead atoms. The lowest BCUT2D eigenvalue weighted by Crippen LogP contribution is -2.13. The number of benzene rings is 1. The van der Waals surface area contributed by atoms with Gasteiger partial charge >= 0.3 is 5.97 Å². The van der Waals surface area contributed by atoms with Crippen LogP contribution in [-0.4, -0.2) is 26.6 Å². The molecule has 0 aliphatic heterocycles. The second-order valence-corrected chi connectivity index (χ2v) is 6.14. The predicted molar refractivity (Wildman–Crippen MR) is 94.5 cm³/mol. The molecule has 3 rings (SSSR count). The van der Waals surface area contributed by atoms with Gasteiger partial charge in [0.1, 0.15) is 5.75 Å². The molecule has 3 aromatic rings. The van der Waals surface area contributed by atoms with Crippen LogP contribution >= 0.6 is 0 Å². The zero-order chi connectivity index (χ0) is 18.0. The third kappa shape index (κ3) is 3.63. The van der Waals surface area contributed by atoms with Crippen LogP contribution in [0.25, 0.3) is 11.0 Å². The lowest BCUT2D eigenvalue weighted by atomic mass is 10.2. The largest absolute Gasteiger partial charge is 0.489 e. The van der Waals surface area contributed by atoms with Gasteiger partial charge in [-0.25, -0.2) is 9.78 Å². The standard InChI is InChI=1S/C19H21N3O3/c1-12(2)24-15-9-14(10-20-11-15)19(23)25-13(3)18-21-16-7-5-6-8-17(16)22(18)4/h5-13H,1-4H3/t13-/m0/s1. The first kappa shape index (κ1) is 17.0. The van der Waals surface area contributed by atoms with Gasteiger partial charge in [0.25, 0.3) is 0 Å². The summed E-state index contributed by atoms with van der Waals surface area (Å²) in [5.41, 5.74) is 2.22. The summed E-state index contributed by atoms with van der Waals surface area (Å²) in [6.45, 7) is 5.64. The van der Waals surface area contributed by atoms with Gasteiger partial charge in [-0.1, -0.05) is 12.1 Å². The fraction of sp³-hybridized carbons (Fsp3) is 0.316. The van der Waals surface area contributed by atoms with Crippen LogP contribution in [0, 0.1) is 0 Å². The molecule has 1 aromatic carbocycles. The normalized spacial score (nSPS) is 12.4. The van der Waals surface area contributed by atoms with E-state index in [1.165, 1.54) is 6.20 Å². The number of imidazole rings is 1. The van der Waals surface area contributed by atoms with Crippen molar-refractivity contribution < 1.29 is 14.3 Å². The van der Waals surface area contributed by atoms with E-state index in [1.54, 1.807) is 19.2 Å². The Labute approximate surface area is 146 Å². The highest BCUT2D eigenvalue weighted by molar-refractivity contribution is 5.89. The molecule has 6 nitrogen and oxygen atoms in total. The molecule has 0 spiro atoms. The number of aryl methyl sites for hydroxylation is 1. The van der Waals surface area contributed by atoms with Crippen LogP contribution in [0.5, 0.6) is 5.75 Å². The number of ether oxygens (including phenoxy) is 2. The number of fused-ring (bicyclic) bond motifs is 1. The topological polar surface area (TPSA) is 66.2 Å². The SMILES string of the molecule is CC(C)Oc1cncc(C(=O)O[C@@H](C)c2nc3ccccc3n2C)c1. The second-order valence-electron chi connectivity index (χ2n) is 6.14. The lowest BCUT2D eigenvalue weighted by Gasteiger charge is -2.14. The Morgan fingerprint density at radius 3 is 2.64 bits per heavy atom. The molecule has 0 saturated heterocycles. The maximum absolute atomic E-state index is 12.4. The second kappa shape index (κ2) is 6.93. The Balaban J connectivity index is 1.79. The predicted octanol–water partition coefficient (Wildman–Crippen LogP) is 3.67. The summed E-state index contributed by atoms with van der Waals surface area (Å²) in [6, 6.07) is 9.44. The number of esters is 1. The maximum Gasteiger partial charge on any atom is 0.340 e. The van der Waals surface area contributed by atoms with Gasteiger partial charge in [0, 0.05) is 13.2 Å². The molecule has 2 aromatic heterocycles. The number of carbonyl (C=O) groups excluding carboxylic acids is 1. The number of carbonyl (C=O) groups is 1. The summed E-state index contributed by atoms with van der Waals surface area (Å²) in [4.78, 5) is 21.0. The number of rotatable bonds is 5. The molecular weight excluding hydrogens is 318 g/mol. The monoisotopic (exact) mass is 339 g/mol. The lowest BCUT2D eigenvalue weighted by molar-refractivity contribution is 0.0314. The van der Waals surface area contributed by atoms with Gasteiger partial charge in [0.15, 0.2) is 11.9 Å². The first-order valence-corrected chi connectivity index (χ1v) is 8.19. The first-order chi connectivity index (χ1) is 12.0. The third-order valence-corrected chi connectivity index (χ3v) is 3.79. The molecule has 0 N–H and O–H groups in total. The van der Waals surface area contributed by atoms with Crippen LogP contribution in [0.1, 0.15) is 43.1 Å². The molecule has 2 heterocycles. The number of nitrogens with zero attached hydrogens (tertiary/aromatic N) is 3. The molecule has 6 heteroatoms. The highest BCUT2D eigenvalue weighted by atomic mass is 16.5. The molecule has 25 heavy (non-hydrogen) atoms. The molecule has 0 fully saturated rings. The Morgan fingerprint density at radius 2 is 1.92 bits per heavy atom. The molecule has 1 atom stereocenters. The molecule has 0 aliphatic carbocycles. The van der Waals surface area contributed by atoms with Crippen LogP contribution in [0.4, 0.5) is 0 Å². The summed E-state index contributed by atoms with van der Waals surface area (Å²) in [6.07, 6.45) is 2.56. The van der Waals surface area contributed by atoms with Gasteiger partial charge < -0.3 is 14.0 Å². The Hall–Kier alpha value is -2.89. The highest BCUT2D eigenvalue weighted by Gasteiger charge is 2.20. The van der Waals surface area contributed by atoms with E-state index in [4.69, 9.17) is 9.47 Å². The third-order valence-electron chi connectivity index (χ3n) is 3.79. The fourth-order valence-corrected chi connectivity index (χ4v) is 2.68. The van der Waals surface area contributed by atoms with Crippen LogP contribution in [-0.2, 0) is 11.8 Å². The molecular formula is C19H21N3O3. The van der Waals surface area contributed by atoms with Gasteiger partial charge in [-0.3, -0.25) is 4.98 Å². The first-order valence-electron chi connectivity index (χ1n) is 8.19. The van der Waals surface area contributed by atoms with E-state index in [0.717, 1.165) is 11.0 Å². The number of pyridine rings is 1. The minimum absolute atomic E-state index is 0.00647. The average molecular weight is 339 g/mol. The number of hydrogen-bond acceptors (Lipinski definition) is 5. The quantitative estimate of drug-likeness (QED) is 0.664. The van der Waals surface area contributed by atoms with Crippen LogP contribution in [0.2, 0.25) is 0 Å². The molecule has 0 aliphatic rings. The molecule has 0 amide bonds. The van der Waals surface area contributed by atoms with Gasteiger partial charge in [-0.05, 0) is 39.0 Å². The Kier molecular flexibility index (Phi) is 4.70. The maximum atomic E-state index is 12.4. The van der Waals surface area contributed by atoms with E-state index >= 15 is 0 Å². The van der Waals surface area contributed by atoms with Crippen molar-refractivity contribution in [3.05, 3.63) is 54.1 Å². The fourth-order valence-electron chi connectivity index (χ4n) is 2.68. The van der Waals surface area contributed by atoms with E-state index in [2.05, 4.69) is 9.97 Å². The van der Waals surface area contributed by atoms with Crippen molar-refractivity contribution in [2.24, 2.45) is 7.05 Å². The summed E-state index contributed by atoms with van der Waals surface area (Å²) >= 11 is 0. The minimum atomic E-state index is -0.487. The smallest absolute Gasteiger partial charge is 0.340 e. The van der Waals surface area contributed by atoms with E-state index in [0.29, 0.717) is 17.1 Å². The summed E-state index contributed by atoms with van der Waals surface area (Å²) in [5.74, 6) is 0.776. The van der Waals surface area contributed by atoms with Crippen molar-refractivity contribution in [2.75, 3.05) is 0 Å². The summed E-state index contributed by atoms with van der Waals surface area (Å²) < 4.78 is 13.1. The van der Waals surface area contributed by atoms with Crippen molar-refractivity contribution >= 4 is 17.0 Å². The van der Waals surface area contributed by atoms with Gasteiger partial charge in [-0.2, -0.15) is 0 Å². The van der Waals surface area contributed by atoms with E-state index in [9.17, 15) is 4.79 Å².